The number of carbonyl (C=O) groups excluding carboxylic acids is 1. The van der Waals surface area contributed by atoms with Gasteiger partial charge in [0.1, 0.15) is 17.3 Å². The molecule has 0 fully saturated rings. The summed E-state index contributed by atoms with van der Waals surface area (Å²) >= 11 is 5.94. The number of aryl methyl sites for hydroxylation is 2. The van der Waals surface area contributed by atoms with Gasteiger partial charge in [0.15, 0.2) is 0 Å². The number of methoxy groups -OCH3 is 1. The molecular formula is C29H32ClN3O3. The minimum Gasteiger partial charge on any atom is -0.497 e. The molecule has 6 nitrogen and oxygen atoms in total. The lowest BCUT2D eigenvalue weighted by molar-refractivity contribution is 0.0952. The maximum Gasteiger partial charge on any atom is 0.251 e. The summed E-state index contributed by atoms with van der Waals surface area (Å²) in [5, 5.41) is 3.70. The van der Waals surface area contributed by atoms with Crippen LogP contribution in [0.1, 0.15) is 41.9 Å². The molecule has 3 aromatic carbocycles. The lowest BCUT2D eigenvalue weighted by atomic mass is 10.1. The monoisotopic (exact) mass is 505 g/mol. The van der Waals surface area contributed by atoms with Crippen molar-refractivity contribution in [3.05, 3.63) is 89.2 Å². The van der Waals surface area contributed by atoms with Gasteiger partial charge >= 0.3 is 0 Å². The van der Waals surface area contributed by atoms with Gasteiger partial charge in [0, 0.05) is 30.1 Å². The molecular weight excluding hydrogens is 474 g/mol. The van der Waals surface area contributed by atoms with E-state index in [1.54, 1.807) is 19.2 Å². The highest BCUT2D eigenvalue weighted by Gasteiger charge is 2.11. The Kier molecular flexibility index (Phi) is 9.22. The first-order valence-corrected chi connectivity index (χ1v) is 12.8. The standard InChI is InChI=1S/C29H32ClN3O3/c1-35-25-10-7-9-22(21-25)29(34)31-18-6-2-3-13-28-32-26-11-4-5-12-27(26)33(28)19-8-20-36-24-16-14-23(30)15-17-24/h4-5,7,9-12,14-17,21H,2-3,6,8,13,18-20H2,1H3,(H,31,34). The zero-order chi connectivity index (χ0) is 25.2. The fourth-order valence-electron chi connectivity index (χ4n) is 4.16. The zero-order valence-electron chi connectivity index (χ0n) is 20.6. The third kappa shape index (κ3) is 7.01. The lowest BCUT2D eigenvalue weighted by Crippen LogP contribution is -2.24. The number of amides is 1. The van der Waals surface area contributed by atoms with Crippen LogP contribution in [0.4, 0.5) is 0 Å². The van der Waals surface area contributed by atoms with E-state index in [4.69, 9.17) is 26.1 Å². The molecule has 0 aliphatic carbocycles. The van der Waals surface area contributed by atoms with E-state index in [0.717, 1.165) is 61.3 Å². The van der Waals surface area contributed by atoms with Crippen molar-refractivity contribution in [1.29, 1.82) is 0 Å². The van der Waals surface area contributed by atoms with Gasteiger partial charge in [-0.05, 0) is 73.9 Å². The molecule has 0 bridgehead atoms. The Balaban J connectivity index is 1.23. The predicted molar refractivity (Wildman–Crippen MR) is 144 cm³/mol. The molecule has 0 aliphatic rings. The van der Waals surface area contributed by atoms with Crippen LogP contribution in [0.5, 0.6) is 11.5 Å². The highest BCUT2D eigenvalue weighted by Crippen LogP contribution is 2.20. The Hall–Kier alpha value is -3.51. The van der Waals surface area contributed by atoms with Crippen molar-refractivity contribution >= 4 is 28.5 Å². The zero-order valence-corrected chi connectivity index (χ0v) is 21.3. The van der Waals surface area contributed by atoms with Crippen LogP contribution in [0, 0.1) is 0 Å². The Morgan fingerprint density at radius 2 is 1.78 bits per heavy atom. The van der Waals surface area contributed by atoms with Crippen molar-refractivity contribution in [2.75, 3.05) is 20.3 Å². The summed E-state index contributed by atoms with van der Waals surface area (Å²) in [4.78, 5) is 17.2. The lowest BCUT2D eigenvalue weighted by Gasteiger charge is -2.11. The Bertz CT molecular complexity index is 1270. The van der Waals surface area contributed by atoms with Gasteiger partial charge in [-0.25, -0.2) is 4.98 Å². The number of fused-ring (bicyclic) bond motifs is 1. The summed E-state index contributed by atoms with van der Waals surface area (Å²) in [5.41, 5.74) is 2.80. The number of benzene rings is 3. The topological polar surface area (TPSA) is 65.4 Å². The number of carbonyl (C=O) groups is 1. The number of nitrogens with zero attached hydrogens (tertiary/aromatic N) is 2. The van der Waals surface area contributed by atoms with Gasteiger partial charge in [-0.2, -0.15) is 0 Å². The first-order valence-electron chi connectivity index (χ1n) is 12.4. The number of halogens is 1. The van der Waals surface area contributed by atoms with Crippen molar-refractivity contribution in [1.82, 2.24) is 14.9 Å². The van der Waals surface area contributed by atoms with Crippen molar-refractivity contribution in [3.63, 3.8) is 0 Å². The van der Waals surface area contributed by atoms with Gasteiger partial charge in [-0.1, -0.05) is 36.2 Å². The van der Waals surface area contributed by atoms with Gasteiger partial charge in [0.25, 0.3) is 5.91 Å². The minimum absolute atomic E-state index is 0.0727. The molecule has 7 heteroatoms. The molecule has 1 heterocycles. The molecule has 4 aromatic rings. The first-order chi connectivity index (χ1) is 17.6. The number of nitrogens with one attached hydrogen (secondary N) is 1. The normalized spacial score (nSPS) is 10.9. The number of unbranched alkanes of at least 4 members (excludes halogenated alkanes) is 2. The first kappa shape index (κ1) is 25.6. The quantitative estimate of drug-likeness (QED) is 0.216. The van der Waals surface area contributed by atoms with E-state index in [2.05, 4.69) is 28.1 Å². The molecule has 1 aromatic heterocycles. The maximum atomic E-state index is 12.3. The molecule has 0 radical (unpaired) electrons. The highest BCUT2D eigenvalue weighted by molar-refractivity contribution is 6.30. The predicted octanol–water partition coefficient (Wildman–Crippen LogP) is 6.31. The Morgan fingerprint density at radius 1 is 0.944 bits per heavy atom. The molecule has 4 rings (SSSR count). The van der Waals surface area contributed by atoms with Crippen LogP contribution in [0.15, 0.2) is 72.8 Å². The molecule has 0 saturated heterocycles. The van der Waals surface area contributed by atoms with Gasteiger partial charge in [0.05, 0.1) is 24.8 Å². The minimum atomic E-state index is -0.0727. The largest absolute Gasteiger partial charge is 0.497 e. The molecule has 36 heavy (non-hydrogen) atoms. The highest BCUT2D eigenvalue weighted by atomic mass is 35.5. The molecule has 0 aliphatic heterocycles. The number of ether oxygens (including phenoxy) is 2. The van der Waals surface area contributed by atoms with Crippen molar-refractivity contribution in [2.24, 2.45) is 0 Å². The molecule has 0 unspecified atom stereocenters. The van der Waals surface area contributed by atoms with Gasteiger partial charge < -0.3 is 19.4 Å². The van der Waals surface area contributed by atoms with E-state index < -0.39 is 0 Å². The smallest absolute Gasteiger partial charge is 0.251 e. The van der Waals surface area contributed by atoms with Crippen LogP contribution in [-0.4, -0.2) is 35.7 Å². The fourth-order valence-corrected chi connectivity index (χ4v) is 4.29. The maximum absolute atomic E-state index is 12.3. The van der Waals surface area contributed by atoms with E-state index in [9.17, 15) is 4.79 Å². The molecule has 1 N–H and O–H groups in total. The average molecular weight is 506 g/mol. The van der Waals surface area contributed by atoms with Crippen molar-refractivity contribution in [2.45, 2.75) is 38.6 Å². The van der Waals surface area contributed by atoms with Gasteiger partial charge in [-0.15, -0.1) is 0 Å². The second kappa shape index (κ2) is 13.0. The summed E-state index contributed by atoms with van der Waals surface area (Å²) < 4.78 is 13.4. The molecule has 0 spiro atoms. The van der Waals surface area contributed by atoms with Crippen LogP contribution in [-0.2, 0) is 13.0 Å². The fraction of sp³-hybridized carbons (Fsp3) is 0.310. The van der Waals surface area contributed by atoms with Crippen molar-refractivity contribution in [3.8, 4) is 11.5 Å². The summed E-state index contributed by atoms with van der Waals surface area (Å²) in [5.74, 6) is 2.54. The van der Waals surface area contributed by atoms with Gasteiger partial charge in [-0.3, -0.25) is 4.79 Å². The third-order valence-corrected chi connectivity index (χ3v) is 6.29. The van der Waals surface area contributed by atoms with Crippen LogP contribution >= 0.6 is 11.6 Å². The second-order valence-corrected chi connectivity index (χ2v) is 9.06. The van der Waals surface area contributed by atoms with E-state index in [1.807, 2.05) is 42.5 Å². The Labute approximate surface area is 217 Å². The molecule has 1 amide bonds. The second-order valence-electron chi connectivity index (χ2n) is 8.62. The molecule has 0 saturated carbocycles. The molecule has 188 valence electrons. The number of aromatic nitrogens is 2. The van der Waals surface area contributed by atoms with Crippen LogP contribution in [0.25, 0.3) is 11.0 Å². The number of rotatable bonds is 13. The van der Waals surface area contributed by atoms with Crippen molar-refractivity contribution < 1.29 is 14.3 Å². The molecule has 0 atom stereocenters. The average Bonchev–Trinajstić information content (AvgIpc) is 3.26. The van der Waals surface area contributed by atoms with Crippen LogP contribution in [0.2, 0.25) is 5.02 Å². The van der Waals surface area contributed by atoms with E-state index in [-0.39, 0.29) is 5.91 Å². The number of hydrogen-bond acceptors (Lipinski definition) is 4. The number of hydrogen-bond donors (Lipinski definition) is 1. The van der Waals surface area contributed by atoms with E-state index in [0.29, 0.717) is 29.5 Å². The summed E-state index contributed by atoms with van der Waals surface area (Å²) in [6.07, 6.45) is 4.73. The van der Waals surface area contributed by atoms with Gasteiger partial charge in [0.2, 0.25) is 0 Å². The van der Waals surface area contributed by atoms with Crippen LogP contribution < -0.4 is 14.8 Å². The van der Waals surface area contributed by atoms with Crippen LogP contribution in [0.3, 0.4) is 0 Å². The number of imidazole rings is 1. The Morgan fingerprint density at radius 3 is 2.61 bits per heavy atom. The third-order valence-electron chi connectivity index (χ3n) is 6.04. The number of para-hydroxylation sites is 2. The summed E-state index contributed by atoms with van der Waals surface area (Å²) in [6.45, 7) is 2.12. The summed E-state index contributed by atoms with van der Waals surface area (Å²) in [6, 6.07) is 22.9. The summed E-state index contributed by atoms with van der Waals surface area (Å²) in [7, 11) is 1.60. The van der Waals surface area contributed by atoms with E-state index in [1.165, 1.54) is 0 Å². The SMILES string of the molecule is COc1cccc(C(=O)NCCCCCc2nc3ccccc3n2CCCOc2ccc(Cl)cc2)c1. The van der Waals surface area contributed by atoms with E-state index >= 15 is 0 Å².